The molecule has 6 heteroatoms. The minimum atomic E-state index is -0.441. The van der Waals surface area contributed by atoms with E-state index in [4.69, 9.17) is 21.9 Å². The molecule has 18 heavy (non-hydrogen) atoms. The fraction of sp³-hybridized carbons (Fsp3) is 0.0833. The highest BCUT2D eigenvalue weighted by Gasteiger charge is 2.10. The average molecular weight is 283 g/mol. The molecule has 3 N–H and O–H groups in total. The summed E-state index contributed by atoms with van der Waals surface area (Å²) < 4.78 is 5.34. The van der Waals surface area contributed by atoms with Crippen LogP contribution in [-0.4, -0.2) is 5.91 Å². The molecular formula is C12H11ClN2O2S. The number of hydrogen-bond donors (Lipinski definition) is 2. The minimum absolute atomic E-state index is 0.201. The Hall–Kier alpha value is -1.43. The van der Waals surface area contributed by atoms with Gasteiger partial charge in [0.2, 0.25) is 0 Å². The van der Waals surface area contributed by atoms with Gasteiger partial charge in [-0.1, -0.05) is 23.7 Å². The number of hydrazine groups is 1. The van der Waals surface area contributed by atoms with Gasteiger partial charge in [-0.2, -0.15) is 0 Å². The largest absolute Gasteiger partial charge is 0.455 e. The zero-order valence-electron chi connectivity index (χ0n) is 9.35. The van der Waals surface area contributed by atoms with Crippen LogP contribution in [-0.2, 0) is 5.75 Å². The van der Waals surface area contributed by atoms with Crippen molar-refractivity contribution in [2.45, 2.75) is 10.6 Å². The molecule has 0 fully saturated rings. The van der Waals surface area contributed by atoms with Crippen LogP contribution in [0.15, 0.2) is 45.7 Å². The lowest BCUT2D eigenvalue weighted by molar-refractivity contribution is 0.0924. The van der Waals surface area contributed by atoms with Crippen molar-refractivity contribution < 1.29 is 9.21 Å². The number of nitrogen functional groups attached to an aromatic ring is 1. The van der Waals surface area contributed by atoms with Crippen LogP contribution in [0.2, 0.25) is 5.02 Å². The number of halogens is 1. The average Bonchev–Trinajstić information content (AvgIpc) is 2.86. The van der Waals surface area contributed by atoms with Crippen molar-refractivity contribution in [2.75, 3.05) is 0 Å². The molecule has 0 spiro atoms. The van der Waals surface area contributed by atoms with Crippen LogP contribution in [0.25, 0.3) is 0 Å². The third kappa shape index (κ3) is 3.07. The van der Waals surface area contributed by atoms with E-state index in [1.807, 2.05) is 29.7 Å². The van der Waals surface area contributed by atoms with E-state index in [-0.39, 0.29) is 5.76 Å². The topological polar surface area (TPSA) is 68.3 Å². The number of hydrogen-bond acceptors (Lipinski definition) is 4. The molecule has 0 atom stereocenters. The highest BCUT2D eigenvalue weighted by molar-refractivity contribution is 7.98. The van der Waals surface area contributed by atoms with Crippen LogP contribution < -0.4 is 11.3 Å². The Bertz CT molecular complexity index is 557. The summed E-state index contributed by atoms with van der Waals surface area (Å²) in [5, 5.41) is 0.703. The third-order valence-corrected chi connectivity index (χ3v) is 3.76. The number of furan rings is 1. The zero-order valence-corrected chi connectivity index (χ0v) is 10.9. The Morgan fingerprint density at radius 2 is 2.11 bits per heavy atom. The fourth-order valence-corrected chi connectivity index (χ4v) is 2.49. The van der Waals surface area contributed by atoms with Crippen molar-refractivity contribution in [1.82, 2.24) is 5.43 Å². The number of carbonyl (C=O) groups excluding carboxylic acids is 1. The molecule has 1 amide bonds. The van der Waals surface area contributed by atoms with E-state index in [1.165, 1.54) is 0 Å². The van der Waals surface area contributed by atoms with E-state index in [9.17, 15) is 4.79 Å². The lowest BCUT2D eigenvalue weighted by Gasteiger charge is -2.01. The van der Waals surface area contributed by atoms with Crippen molar-refractivity contribution in [3.63, 3.8) is 0 Å². The molecule has 0 saturated heterocycles. The fourth-order valence-electron chi connectivity index (χ4n) is 1.36. The first-order valence-corrected chi connectivity index (χ1v) is 6.54. The Labute approximate surface area is 113 Å². The van der Waals surface area contributed by atoms with Gasteiger partial charge in [0.15, 0.2) is 5.76 Å². The molecule has 0 aliphatic rings. The monoisotopic (exact) mass is 282 g/mol. The summed E-state index contributed by atoms with van der Waals surface area (Å²) in [7, 11) is 0. The standard InChI is InChI=1S/C12H11ClN2O2S/c13-9-3-1-2-4-11(9)18-7-8-5-6-10(17-8)12(16)15-14/h1-6H,7,14H2,(H,15,16). The lowest BCUT2D eigenvalue weighted by atomic mass is 10.4. The van der Waals surface area contributed by atoms with Gasteiger partial charge in [0.1, 0.15) is 5.76 Å². The molecule has 1 aromatic carbocycles. The molecule has 1 aromatic heterocycles. The maximum atomic E-state index is 11.2. The van der Waals surface area contributed by atoms with Gasteiger partial charge < -0.3 is 4.42 Å². The second-order valence-electron chi connectivity index (χ2n) is 3.46. The SMILES string of the molecule is NNC(=O)c1ccc(CSc2ccccc2Cl)o1. The highest BCUT2D eigenvalue weighted by atomic mass is 35.5. The van der Waals surface area contributed by atoms with Crippen LogP contribution in [0, 0.1) is 0 Å². The lowest BCUT2D eigenvalue weighted by Crippen LogP contribution is -2.29. The van der Waals surface area contributed by atoms with E-state index in [2.05, 4.69) is 0 Å². The van der Waals surface area contributed by atoms with Crippen LogP contribution in [0.4, 0.5) is 0 Å². The van der Waals surface area contributed by atoms with Gasteiger partial charge in [-0.3, -0.25) is 10.2 Å². The van der Waals surface area contributed by atoms with Crippen LogP contribution in [0.3, 0.4) is 0 Å². The van der Waals surface area contributed by atoms with Crippen molar-refractivity contribution in [2.24, 2.45) is 5.84 Å². The molecule has 0 unspecified atom stereocenters. The summed E-state index contributed by atoms with van der Waals surface area (Å²) in [6.07, 6.45) is 0. The molecule has 2 rings (SSSR count). The van der Waals surface area contributed by atoms with Gasteiger partial charge in [0.25, 0.3) is 0 Å². The van der Waals surface area contributed by atoms with Crippen LogP contribution >= 0.6 is 23.4 Å². The van der Waals surface area contributed by atoms with Gasteiger partial charge in [0.05, 0.1) is 10.8 Å². The van der Waals surface area contributed by atoms with E-state index in [0.29, 0.717) is 16.5 Å². The van der Waals surface area contributed by atoms with Gasteiger partial charge in [0, 0.05) is 4.90 Å². The zero-order chi connectivity index (χ0) is 13.0. The summed E-state index contributed by atoms with van der Waals surface area (Å²) in [6.45, 7) is 0. The number of benzene rings is 1. The molecule has 94 valence electrons. The smallest absolute Gasteiger partial charge is 0.300 e. The molecule has 0 radical (unpaired) electrons. The first-order chi connectivity index (χ1) is 8.70. The van der Waals surface area contributed by atoms with Crippen molar-refractivity contribution in [3.05, 3.63) is 52.9 Å². The van der Waals surface area contributed by atoms with Crippen LogP contribution in [0.5, 0.6) is 0 Å². The number of amides is 1. The first kappa shape index (κ1) is 13.0. The van der Waals surface area contributed by atoms with Crippen molar-refractivity contribution in [3.8, 4) is 0 Å². The van der Waals surface area contributed by atoms with Crippen LogP contribution in [0.1, 0.15) is 16.3 Å². The molecule has 0 bridgehead atoms. The van der Waals surface area contributed by atoms with E-state index in [1.54, 1.807) is 23.9 Å². The van der Waals surface area contributed by atoms with Gasteiger partial charge >= 0.3 is 5.91 Å². The Kier molecular flexibility index (Phi) is 4.30. The van der Waals surface area contributed by atoms with Gasteiger partial charge in [-0.25, -0.2) is 5.84 Å². The third-order valence-electron chi connectivity index (χ3n) is 2.22. The van der Waals surface area contributed by atoms with Gasteiger partial charge in [-0.15, -0.1) is 11.8 Å². The Morgan fingerprint density at radius 1 is 1.33 bits per heavy atom. The Balaban J connectivity index is 2.01. The summed E-state index contributed by atoms with van der Waals surface area (Å²) >= 11 is 7.58. The highest BCUT2D eigenvalue weighted by Crippen LogP contribution is 2.29. The molecule has 2 aromatic rings. The summed E-state index contributed by atoms with van der Waals surface area (Å²) in [4.78, 5) is 12.2. The summed E-state index contributed by atoms with van der Waals surface area (Å²) in [6, 6.07) is 10.9. The maximum Gasteiger partial charge on any atom is 0.300 e. The molecule has 0 saturated carbocycles. The number of carbonyl (C=O) groups is 1. The second kappa shape index (κ2) is 5.95. The normalized spacial score (nSPS) is 10.3. The molecule has 0 aliphatic heterocycles. The molecule has 4 nitrogen and oxygen atoms in total. The number of nitrogens with one attached hydrogen (secondary N) is 1. The molecule has 0 aliphatic carbocycles. The molecule has 1 heterocycles. The van der Waals surface area contributed by atoms with E-state index in [0.717, 1.165) is 4.90 Å². The first-order valence-electron chi connectivity index (χ1n) is 5.17. The minimum Gasteiger partial charge on any atom is -0.455 e. The predicted octanol–water partition coefficient (Wildman–Crippen LogP) is 2.83. The van der Waals surface area contributed by atoms with Crippen molar-refractivity contribution >= 4 is 29.3 Å². The predicted molar refractivity (Wildman–Crippen MR) is 71.4 cm³/mol. The summed E-state index contributed by atoms with van der Waals surface area (Å²) in [5.41, 5.74) is 2.02. The van der Waals surface area contributed by atoms with Gasteiger partial charge in [-0.05, 0) is 24.3 Å². The molecular weight excluding hydrogens is 272 g/mol. The summed E-state index contributed by atoms with van der Waals surface area (Å²) in [5.74, 6) is 6.07. The van der Waals surface area contributed by atoms with Crippen molar-refractivity contribution in [1.29, 1.82) is 0 Å². The number of nitrogens with two attached hydrogens (primary N) is 1. The number of rotatable bonds is 4. The van der Waals surface area contributed by atoms with E-state index >= 15 is 0 Å². The second-order valence-corrected chi connectivity index (χ2v) is 4.88. The van der Waals surface area contributed by atoms with E-state index < -0.39 is 5.91 Å². The quantitative estimate of drug-likeness (QED) is 0.392. The Morgan fingerprint density at radius 3 is 2.83 bits per heavy atom. The maximum absolute atomic E-state index is 11.2. The number of thioether (sulfide) groups is 1.